The van der Waals surface area contributed by atoms with Crippen LogP contribution in [0.25, 0.3) is 10.8 Å². The molecule has 3 aromatic rings. The van der Waals surface area contributed by atoms with Gasteiger partial charge >= 0.3 is 0 Å². The lowest BCUT2D eigenvalue weighted by Crippen LogP contribution is -2.04. The Hall–Kier alpha value is -1.48. The van der Waals surface area contributed by atoms with E-state index >= 15 is 0 Å². The highest BCUT2D eigenvalue weighted by atomic mass is 35.5. The average molecular weight is 314 g/mol. The Morgan fingerprint density at radius 1 is 0.952 bits per heavy atom. The van der Waals surface area contributed by atoms with Crippen LogP contribution >= 0.6 is 23.4 Å². The molecule has 0 aliphatic rings. The van der Waals surface area contributed by atoms with Crippen molar-refractivity contribution in [2.24, 2.45) is 0 Å². The molecule has 3 heteroatoms. The molecule has 0 fully saturated rings. The van der Waals surface area contributed by atoms with Crippen molar-refractivity contribution in [1.82, 2.24) is 5.32 Å². The molecule has 0 radical (unpaired) electrons. The number of hydrogen-bond donors (Lipinski definition) is 1. The van der Waals surface area contributed by atoms with Gasteiger partial charge in [-0.3, -0.25) is 0 Å². The molecular weight excluding hydrogens is 298 g/mol. The summed E-state index contributed by atoms with van der Waals surface area (Å²) in [6, 6.07) is 21.1. The Bertz CT molecular complexity index is 770. The summed E-state index contributed by atoms with van der Waals surface area (Å²) < 4.78 is 0. The zero-order valence-electron chi connectivity index (χ0n) is 11.8. The SMILES string of the molecule is CNCc1ccc(Sc2ccc3ccccc3c2)c(Cl)c1. The van der Waals surface area contributed by atoms with Gasteiger partial charge in [-0.1, -0.05) is 59.8 Å². The molecular formula is C18H16ClNS. The molecule has 0 aliphatic carbocycles. The lowest BCUT2D eigenvalue weighted by molar-refractivity contribution is 0.817. The van der Waals surface area contributed by atoms with Crippen molar-refractivity contribution >= 4 is 34.1 Å². The van der Waals surface area contributed by atoms with Gasteiger partial charge in [0.25, 0.3) is 0 Å². The summed E-state index contributed by atoms with van der Waals surface area (Å²) in [6.45, 7) is 0.834. The lowest BCUT2D eigenvalue weighted by atomic mass is 10.1. The second-order valence-electron chi connectivity index (χ2n) is 4.91. The third-order valence-corrected chi connectivity index (χ3v) is 4.82. The van der Waals surface area contributed by atoms with Gasteiger partial charge in [-0.15, -0.1) is 0 Å². The van der Waals surface area contributed by atoms with Gasteiger partial charge < -0.3 is 5.32 Å². The van der Waals surface area contributed by atoms with Crippen molar-refractivity contribution in [3.63, 3.8) is 0 Å². The fraction of sp³-hybridized carbons (Fsp3) is 0.111. The van der Waals surface area contributed by atoms with E-state index < -0.39 is 0 Å². The van der Waals surface area contributed by atoms with Crippen molar-refractivity contribution < 1.29 is 0 Å². The number of nitrogens with one attached hydrogen (secondary N) is 1. The molecule has 0 atom stereocenters. The Balaban J connectivity index is 1.87. The number of fused-ring (bicyclic) bond motifs is 1. The first-order chi connectivity index (χ1) is 10.3. The van der Waals surface area contributed by atoms with Crippen LogP contribution in [0.5, 0.6) is 0 Å². The van der Waals surface area contributed by atoms with Crippen LogP contribution in [0, 0.1) is 0 Å². The smallest absolute Gasteiger partial charge is 0.0548 e. The van der Waals surface area contributed by atoms with Crippen LogP contribution in [-0.4, -0.2) is 7.05 Å². The maximum Gasteiger partial charge on any atom is 0.0548 e. The third-order valence-electron chi connectivity index (χ3n) is 3.33. The minimum atomic E-state index is 0.806. The fourth-order valence-electron chi connectivity index (χ4n) is 2.30. The van der Waals surface area contributed by atoms with Crippen LogP contribution < -0.4 is 5.32 Å². The largest absolute Gasteiger partial charge is 0.316 e. The number of benzene rings is 3. The van der Waals surface area contributed by atoms with Crippen LogP contribution in [0.1, 0.15) is 5.56 Å². The van der Waals surface area contributed by atoms with E-state index in [0.29, 0.717) is 0 Å². The zero-order chi connectivity index (χ0) is 14.7. The van der Waals surface area contributed by atoms with Crippen molar-refractivity contribution in [2.75, 3.05) is 7.05 Å². The molecule has 0 saturated carbocycles. The Morgan fingerprint density at radius 3 is 2.52 bits per heavy atom. The molecule has 0 saturated heterocycles. The number of halogens is 1. The van der Waals surface area contributed by atoms with Crippen molar-refractivity contribution in [1.29, 1.82) is 0 Å². The van der Waals surface area contributed by atoms with E-state index in [9.17, 15) is 0 Å². The normalized spacial score (nSPS) is 11.0. The summed E-state index contributed by atoms with van der Waals surface area (Å²) in [5.74, 6) is 0. The molecule has 0 aliphatic heterocycles. The van der Waals surface area contributed by atoms with Gasteiger partial charge in [0.2, 0.25) is 0 Å². The van der Waals surface area contributed by atoms with E-state index in [4.69, 9.17) is 11.6 Å². The topological polar surface area (TPSA) is 12.0 Å². The average Bonchev–Trinajstić information content (AvgIpc) is 2.50. The maximum atomic E-state index is 6.38. The quantitative estimate of drug-likeness (QED) is 0.695. The predicted molar refractivity (Wildman–Crippen MR) is 92.3 cm³/mol. The van der Waals surface area contributed by atoms with Gasteiger partial charge in [-0.2, -0.15) is 0 Å². The second-order valence-corrected chi connectivity index (χ2v) is 6.43. The third kappa shape index (κ3) is 3.41. The van der Waals surface area contributed by atoms with Crippen molar-refractivity contribution in [3.8, 4) is 0 Å². The van der Waals surface area contributed by atoms with E-state index in [0.717, 1.165) is 16.5 Å². The summed E-state index contributed by atoms with van der Waals surface area (Å²) in [5.41, 5.74) is 1.20. The molecule has 106 valence electrons. The van der Waals surface area contributed by atoms with E-state index in [1.807, 2.05) is 13.1 Å². The van der Waals surface area contributed by atoms with E-state index in [2.05, 4.69) is 59.9 Å². The van der Waals surface area contributed by atoms with Gasteiger partial charge in [-0.25, -0.2) is 0 Å². The monoisotopic (exact) mass is 313 g/mol. The summed E-state index contributed by atoms with van der Waals surface area (Å²) in [6.07, 6.45) is 0. The zero-order valence-corrected chi connectivity index (χ0v) is 13.3. The van der Waals surface area contributed by atoms with Crippen molar-refractivity contribution in [2.45, 2.75) is 16.3 Å². The van der Waals surface area contributed by atoms with Crippen molar-refractivity contribution in [3.05, 3.63) is 71.2 Å². The van der Waals surface area contributed by atoms with Crippen LogP contribution in [0.4, 0.5) is 0 Å². The number of hydrogen-bond acceptors (Lipinski definition) is 2. The highest BCUT2D eigenvalue weighted by Crippen LogP contribution is 2.35. The first-order valence-corrected chi connectivity index (χ1v) is 8.05. The standard InChI is InChI=1S/C18H16ClNS/c1-20-12-13-6-9-18(17(19)10-13)21-16-8-7-14-4-2-3-5-15(14)11-16/h2-11,20H,12H2,1H3. The van der Waals surface area contributed by atoms with E-state index in [-0.39, 0.29) is 0 Å². The summed E-state index contributed by atoms with van der Waals surface area (Å²) in [4.78, 5) is 2.30. The Kier molecular flexibility index (Phi) is 4.49. The minimum absolute atomic E-state index is 0.806. The lowest BCUT2D eigenvalue weighted by Gasteiger charge is -2.08. The Morgan fingerprint density at radius 2 is 1.76 bits per heavy atom. The molecule has 0 spiro atoms. The van der Waals surface area contributed by atoms with Crippen LogP contribution in [0.15, 0.2) is 70.5 Å². The van der Waals surface area contributed by atoms with Gasteiger partial charge in [0.05, 0.1) is 5.02 Å². The molecule has 1 N–H and O–H groups in total. The number of rotatable bonds is 4. The molecule has 0 amide bonds. The van der Waals surface area contributed by atoms with Gasteiger partial charge in [0.15, 0.2) is 0 Å². The van der Waals surface area contributed by atoms with E-state index in [1.165, 1.54) is 21.2 Å². The molecule has 0 heterocycles. The summed E-state index contributed by atoms with van der Waals surface area (Å²) in [7, 11) is 1.94. The first kappa shape index (κ1) is 14.5. The highest BCUT2D eigenvalue weighted by Gasteiger charge is 2.05. The molecule has 0 aromatic heterocycles. The Labute approximate surface area is 134 Å². The van der Waals surface area contributed by atoms with E-state index in [1.54, 1.807) is 11.8 Å². The first-order valence-electron chi connectivity index (χ1n) is 6.86. The van der Waals surface area contributed by atoms with Crippen LogP contribution in [0.3, 0.4) is 0 Å². The molecule has 3 rings (SSSR count). The molecule has 21 heavy (non-hydrogen) atoms. The fourth-order valence-corrected chi connectivity index (χ4v) is 3.49. The minimum Gasteiger partial charge on any atom is -0.316 e. The maximum absolute atomic E-state index is 6.38. The van der Waals surface area contributed by atoms with Crippen LogP contribution in [0.2, 0.25) is 5.02 Å². The van der Waals surface area contributed by atoms with Gasteiger partial charge in [0.1, 0.15) is 0 Å². The molecule has 0 bridgehead atoms. The van der Waals surface area contributed by atoms with Gasteiger partial charge in [-0.05, 0) is 47.6 Å². The highest BCUT2D eigenvalue weighted by molar-refractivity contribution is 7.99. The van der Waals surface area contributed by atoms with Gasteiger partial charge in [0, 0.05) is 16.3 Å². The summed E-state index contributed by atoms with van der Waals surface area (Å²) >= 11 is 8.09. The van der Waals surface area contributed by atoms with Crippen LogP contribution in [-0.2, 0) is 6.54 Å². The molecule has 1 nitrogen and oxygen atoms in total. The molecule has 0 unspecified atom stereocenters. The predicted octanol–water partition coefficient (Wildman–Crippen LogP) is 5.36. The second kappa shape index (κ2) is 6.52. The summed E-state index contributed by atoms with van der Waals surface area (Å²) in [5, 5.41) is 6.46. The molecule has 3 aromatic carbocycles.